The molecule has 3 rings (SSSR count). The number of piperidine rings is 1. The van der Waals surface area contributed by atoms with Gasteiger partial charge in [0.2, 0.25) is 0 Å². The van der Waals surface area contributed by atoms with E-state index in [-0.39, 0.29) is 5.91 Å². The lowest BCUT2D eigenvalue weighted by Gasteiger charge is -2.43. The number of likely N-dealkylation sites (tertiary alicyclic amines) is 1. The summed E-state index contributed by atoms with van der Waals surface area (Å²) in [6.45, 7) is 3.70. The van der Waals surface area contributed by atoms with Crippen molar-refractivity contribution in [3.05, 3.63) is 0 Å². The van der Waals surface area contributed by atoms with Crippen LogP contribution in [0, 0.1) is 5.92 Å². The molecule has 2 saturated heterocycles. The highest BCUT2D eigenvalue weighted by molar-refractivity contribution is 5.86. The third-order valence-corrected chi connectivity index (χ3v) is 6.23. The van der Waals surface area contributed by atoms with Crippen molar-refractivity contribution in [3.63, 3.8) is 0 Å². The van der Waals surface area contributed by atoms with Gasteiger partial charge in [-0.05, 0) is 51.5 Å². The summed E-state index contributed by atoms with van der Waals surface area (Å²) in [4.78, 5) is 17.1. The fourth-order valence-corrected chi connectivity index (χ4v) is 4.74. The van der Waals surface area contributed by atoms with Crippen LogP contribution in [0.15, 0.2) is 0 Å². The van der Waals surface area contributed by atoms with Gasteiger partial charge in [0, 0.05) is 38.9 Å². The van der Waals surface area contributed by atoms with Gasteiger partial charge in [0.05, 0.1) is 0 Å². The van der Waals surface area contributed by atoms with E-state index < -0.39 is 5.60 Å². The first-order valence-electron chi connectivity index (χ1n) is 9.88. The average Bonchev–Trinajstić information content (AvgIpc) is 2.61. The Bertz CT molecular complexity index is 419. The first kappa shape index (κ1) is 18.2. The van der Waals surface area contributed by atoms with Gasteiger partial charge in [0.25, 0.3) is 5.91 Å². The first-order chi connectivity index (χ1) is 11.6. The SMILES string of the molecule is CN(C[C@@]1(O)CCCN(CC2CCCCC2)C1=O)C1CCOCC1. The molecule has 0 bridgehead atoms. The summed E-state index contributed by atoms with van der Waals surface area (Å²) in [6.07, 6.45) is 9.90. The van der Waals surface area contributed by atoms with Gasteiger partial charge in [0.1, 0.15) is 0 Å². The van der Waals surface area contributed by atoms with Crippen LogP contribution in [0.3, 0.4) is 0 Å². The second-order valence-corrected chi connectivity index (χ2v) is 8.15. The third-order valence-electron chi connectivity index (χ3n) is 6.23. The van der Waals surface area contributed by atoms with Crippen molar-refractivity contribution in [1.82, 2.24) is 9.80 Å². The van der Waals surface area contributed by atoms with Crippen molar-refractivity contribution in [2.24, 2.45) is 5.92 Å². The van der Waals surface area contributed by atoms with Crippen molar-refractivity contribution in [3.8, 4) is 0 Å². The Morgan fingerprint density at radius 1 is 1.17 bits per heavy atom. The molecule has 24 heavy (non-hydrogen) atoms. The smallest absolute Gasteiger partial charge is 0.255 e. The standard InChI is InChI=1S/C19H34N2O3/c1-20(17-8-12-24-13-9-17)15-19(23)10-5-11-21(18(19)22)14-16-6-3-2-4-7-16/h16-17,23H,2-15H2,1H3/t19-/m0/s1. The van der Waals surface area contributed by atoms with Gasteiger partial charge in [-0.2, -0.15) is 0 Å². The minimum Gasteiger partial charge on any atom is -0.381 e. The highest BCUT2D eigenvalue weighted by Gasteiger charge is 2.44. The van der Waals surface area contributed by atoms with Gasteiger partial charge >= 0.3 is 0 Å². The quantitative estimate of drug-likeness (QED) is 0.833. The summed E-state index contributed by atoms with van der Waals surface area (Å²) in [5, 5.41) is 11.1. The van der Waals surface area contributed by atoms with Crippen molar-refractivity contribution >= 4 is 5.91 Å². The van der Waals surface area contributed by atoms with Crippen LogP contribution in [0.5, 0.6) is 0 Å². The van der Waals surface area contributed by atoms with Crippen LogP contribution < -0.4 is 0 Å². The molecule has 3 aliphatic rings. The Kier molecular flexibility index (Phi) is 6.17. The molecule has 0 aromatic rings. The normalized spacial score (nSPS) is 31.0. The van der Waals surface area contributed by atoms with E-state index in [0.29, 0.717) is 24.9 Å². The van der Waals surface area contributed by atoms with Crippen molar-refractivity contribution < 1.29 is 14.6 Å². The van der Waals surface area contributed by atoms with Gasteiger partial charge in [-0.3, -0.25) is 9.69 Å². The summed E-state index contributed by atoms with van der Waals surface area (Å²) >= 11 is 0. The number of carbonyl (C=O) groups excluding carboxylic acids is 1. The Morgan fingerprint density at radius 2 is 1.88 bits per heavy atom. The molecule has 1 saturated carbocycles. The zero-order valence-corrected chi connectivity index (χ0v) is 15.2. The molecule has 1 amide bonds. The Morgan fingerprint density at radius 3 is 2.58 bits per heavy atom. The molecular formula is C19H34N2O3. The molecule has 5 heteroatoms. The van der Waals surface area contributed by atoms with Crippen molar-refractivity contribution in [2.75, 3.05) is 39.9 Å². The molecule has 2 heterocycles. The fraction of sp³-hybridized carbons (Fsp3) is 0.947. The predicted octanol–water partition coefficient (Wildman–Crippen LogP) is 2.03. The molecule has 0 aromatic heterocycles. The van der Waals surface area contributed by atoms with Crippen molar-refractivity contribution in [2.45, 2.75) is 69.4 Å². The van der Waals surface area contributed by atoms with Gasteiger partial charge < -0.3 is 14.7 Å². The molecule has 1 aliphatic carbocycles. The molecule has 0 aromatic carbocycles. The molecule has 5 nitrogen and oxygen atoms in total. The summed E-state index contributed by atoms with van der Waals surface area (Å²) in [7, 11) is 2.04. The molecule has 138 valence electrons. The van der Waals surface area contributed by atoms with E-state index in [4.69, 9.17) is 4.74 Å². The maximum atomic E-state index is 13.0. The summed E-state index contributed by atoms with van der Waals surface area (Å²) in [6, 6.07) is 0.421. The zero-order valence-electron chi connectivity index (χ0n) is 15.2. The lowest BCUT2D eigenvalue weighted by molar-refractivity contribution is -0.161. The van der Waals surface area contributed by atoms with Crippen LogP contribution in [0.4, 0.5) is 0 Å². The molecule has 1 atom stereocenters. The maximum absolute atomic E-state index is 13.0. The van der Waals surface area contributed by atoms with E-state index in [1.54, 1.807) is 0 Å². The fourth-order valence-electron chi connectivity index (χ4n) is 4.74. The van der Waals surface area contributed by atoms with E-state index in [2.05, 4.69) is 4.90 Å². The van der Waals surface area contributed by atoms with E-state index in [9.17, 15) is 9.90 Å². The number of nitrogens with zero attached hydrogens (tertiary/aromatic N) is 2. The van der Waals surface area contributed by atoms with Crippen LogP contribution in [0.25, 0.3) is 0 Å². The number of ether oxygens (including phenoxy) is 1. The van der Waals surface area contributed by atoms with Gasteiger partial charge in [-0.1, -0.05) is 19.3 Å². The van der Waals surface area contributed by atoms with E-state index in [1.165, 1.54) is 32.1 Å². The largest absolute Gasteiger partial charge is 0.381 e. The van der Waals surface area contributed by atoms with Crippen LogP contribution in [-0.4, -0.2) is 72.4 Å². The summed E-state index contributed by atoms with van der Waals surface area (Å²) in [5.41, 5.74) is -1.19. The monoisotopic (exact) mass is 338 g/mol. The molecular weight excluding hydrogens is 304 g/mol. The second kappa shape index (κ2) is 8.15. The van der Waals surface area contributed by atoms with E-state index >= 15 is 0 Å². The zero-order chi connectivity index (χ0) is 17.0. The lowest BCUT2D eigenvalue weighted by atomic mass is 9.86. The van der Waals surface area contributed by atoms with E-state index in [0.717, 1.165) is 45.6 Å². The number of carbonyl (C=O) groups is 1. The Labute approximate surface area is 146 Å². The average molecular weight is 338 g/mol. The van der Waals surface area contributed by atoms with Crippen LogP contribution in [-0.2, 0) is 9.53 Å². The predicted molar refractivity (Wildman–Crippen MR) is 93.8 cm³/mol. The number of aliphatic hydroxyl groups is 1. The minimum absolute atomic E-state index is 0.0294. The summed E-state index contributed by atoms with van der Waals surface area (Å²) in [5.74, 6) is 0.608. The Balaban J connectivity index is 1.57. The van der Waals surface area contributed by atoms with Crippen LogP contribution >= 0.6 is 0 Å². The van der Waals surface area contributed by atoms with Gasteiger partial charge in [-0.25, -0.2) is 0 Å². The van der Waals surface area contributed by atoms with Crippen LogP contribution in [0.1, 0.15) is 57.8 Å². The number of likely N-dealkylation sites (N-methyl/N-ethyl adjacent to an activating group) is 1. The number of amides is 1. The molecule has 2 aliphatic heterocycles. The number of rotatable bonds is 5. The highest BCUT2D eigenvalue weighted by Crippen LogP contribution is 2.29. The molecule has 3 fully saturated rings. The maximum Gasteiger partial charge on any atom is 0.255 e. The highest BCUT2D eigenvalue weighted by atomic mass is 16.5. The molecule has 0 spiro atoms. The Hall–Kier alpha value is -0.650. The lowest BCUT2D eigenvalue weighted by Crippen LogP contribution is -2.60. The topological polar surface area (TPSA) is 53.0 Å². The third kappa shape index (κ3) is 4.30. The minimum atomic E-state index is -1.19. The number of hydrogen-bond donors (Lipinski definition) is 1. The molecule has 0 radical (unpaired) electrons. The molecule has 1 N–H and O–H groups in total. The van der Waals surface area contributed by atoms with Gasteiger partial charge in [0.15, 0.2) is 5.60 Å². The number of hydrogen-bond acceptors (Lipinski definition) is 4. The van der Waals surface area contributed by atoms with E-state index in [1.807, 2.05) is 11.9 Å². The van der Waals surface area contributed by atoms with Gasteiger partial charge in [-0.15, -0.1) is 0 Å². The second-order valence-electron chi connectivity index (χ2n) is 8.15. The first-order valence-corrected chi connectivity index (χ1v) is 9.88. The van der Waals surface area contributed by atoms with Crippen LogP contribution in [0.2, 0.25) is 0 Å². The summed E-state index contributed by atoms with van der Waals surface area (Å²) < 4.78 is 5.42. The van der Waals surface area contributed by atoms with Crippen molar-refractivity contribution in [1.29, 1.82) is 0 Å². The molecule has 0 unspecified atom stereocenters.